The third kappa shape index (κ3) is 6.66. The number of carbonyl (C=O) groups excluding carboxylic acids is 1. The maximum Gasteiger partial charge on any atom is 0.372 e. The molecule has 6 nitrogen and oxygen atoms in total. The molecule has 0 spiro atoms. The van der Waals surface area contributed by atoms with Crippen molar-refractivity contribution < 1.29 is 19.9 Å². The summed E-state index contributed by atoms with van der Waals surface area (Å²) >= 11 is 0. The molecule has 0 heterocycles. The molecule has 12 heavy (non-hydrogen) atoms. The van der Waals surface area contributed by atoms with E-state index < -0.39 is 17.2 Å². The molecule has 0 aliphatic carbocycles. The Morgan fingerprint density at radius 2 is 1.50 bits per heavy atom. The van der Waals surface area contributed by atoms with Crippen LogP contribution in [-0.4, -0.2) is 22.1 Å². The fourth-order valence-corrected chi connectivity index (χ4v) is 0.321. The lowest BCUT2D eigenvalue weighted by Gasteiger charge is -2.11. The second kappa shape index (κ2) is 5.22. The molecule has 0 amide bonds. The molecule has 0 aromatic heterocycles. The third-order valence-corrected chi connectivity index (χ3v) is 0.875. The van der Waals surface area contributed by atoms with Crippen LogP contribution in [0, 0.1) is 10.3 Å². The van der Waals surface area contributed by atoms with Crippen LogP contribution in [-0.2, 0) is 9.59 Å². The first-order valence-corrected chi connectivity index (χ1v) is 3.01. The minimum Gasteiger partial charge on any atom is -0.475 e. The van der Waals surface area contributed by atoms with Crippen LogP contribution < -0.4 is 0 Å². The number of ketones is 1. The second-order valence-corrected chi connectivity index (χ2v) is 2.97. The molecule has 0 atom stereocenters. The Labute approximate surface area is 69.1 Å². The van der Waals surface area contributed by atoms with Gasteiger partial charge in [-0.05, 0) is 0 Å². The molecule has 0 aliphatic rings. The molecule has 0 aromatic carbocycles. The average molecular weight is 177 g/mol. The number of nitrogens with zero attached hydrogens (tertiary/aromatic N) is 1. The van der Waals surface area contributed by atoms with E-state index in [0.717, 1.165) is 0 Å². The normalized spacial score (nSPS) is 9.25. The molecule has 0 saturated carbocycles. The highest BCUT2D eigenvalue weighted by Crippen LogP contribution is 2.13. The first-order chi connectivity index (χ1) is 5.27. The lowest BCUT2D eigenvalue weighted by molar-refractivity contribution is -0.152. The van der Waals surface area contributed by atoms with Crippen LogP contribution in [0.3, 0.4) is 0 Å². The van der Waals surface area contributed by atoms with Crippen LogP contribution in [0.1, 0.15) is 20.8 Å². The van der Waals surface area contributed by atoms with Crippen molar-refractivity contribution in [1.82, 2.24) is 0 Å². The predicted octanol–water partition coefficient (Wildman–Crippen LogP) is 0.828. The zero-order valence-electron chi connectivity index (χ0n) is 7.07. The summed E-state index contributed by atoms with van der Waals surface area (Å²) in [6.45, 7) is 4.72. The fraction of sp³-hybridized carbons (Fsp3) is 0.667. The average Bonchev–Trinajstić information content (AvgIpc) is 1.85. The number of hydrogen-bond acceptors (Lipinski definition) is 4. The highest BCUT2D eigenvalue weighted by atomic mass is 16.6. The number of hydrogen-bond donors (Lipinski definition) is 2. The van der Waals surface area contributed by atoms with E-state index in [4.69, 9.17) is 15.2 Å². The van der Waals surface area contributed by atoms with Gasteiger partial charge < -0.3 is 10.3 Å². The van der Waals surface area contributed by atoms with Crippen LogP contribution >= 0.6 is 0 Å². The summed E-state index contributed by atoms with van der Waals surface area (Å²) in [5, 5.41) is 16.1. The van der Waals surface area contributed by atoms with Gasteiger partial charge in [0.15, 0.2) is 5.34 Å². The second-order valence-electron chi connectivity index (χ2n) is 2.97. The van der Waals surface area contributed by atoms with E-state index in [9.17, 15) is 9.59 Å². The molecule has 6 heteroatoms. The van der Waals surface area contributed by atoms with Gasteiger partial charge in [0, 0.05) is 5.41 Å². The van der Waals surface area contributed by atoms with Crippen molar-refractivity contribution in [2.45, 2.75) is 20.8 Å². The van der Waals surface area contributed by atoms with Crippen LogP contribution in [0.5, 0.6) is 0 Å². The Bertz CT molecular complexity index is 181. The number of carboxylic acid groups (broad SMARTS) is 1. The molecule has 70 valence electrons. The summed E-state index contributed by atoms with van der Waals surface area (Å²) < 4.78 is 0. The number of rotatable bonds is 1. The largest absolute Gasteiger partial charge is 0.475 e. The van der Waals surface area contributed by atoms with E-state index in [2.05, 4.69) is 0 Å². The summed E-state index contributed by atoms with van der Waals surface area (Å²) in [6.07, 6.45) is 0. The van der Waals surface area contributed by atoms with Crippen molar-refractivity contribution in [2.24, 2.45) is 10.8 Å². The Kier molecular flexibility index (Phi) is 5.73. The molecule has 0 bridgehead atoms. The lowest BCUT2D eigenvalue weighted by atomic mass is 9.91. The first-order valence-electron chi connectivity index (χ1n) is 3.01. The van der Waals surface area contributed by atoms with Crippen molar-refractivity contribution >= 4 is 11.8 Å². The Morgan fingerprint density at radius 1 is 1.25 bits per heavy atom. The molecule has 0 rings (SSSR count). The molecule has 0 radical (unpaired) electrons. The molecule has 0 aliphatic heterocycles. The van der Waals surface area contributed by atoms with Gasteiger partial charge in [0.25, 0.3) is 0 Å². The van der Waals surface area contributed by atoms with Crippen molar-refractivity contribution in [1.29, 1.82) is 0 Å². The third-order valence-electron chi connectivity index (χ3n) is 0.875. The standard InChI is InChI=1S/C6H10O3.HNO2/c1-6(2,3)4(7)5(8)9;2-1-3/h1-3H3,(H,8,9);(H,2,3). The number of carboxylic acids is 1. The SMILES string of the molecule is CC(C)(C)C(=O)C(=O)O.O=NO. The minimum atomic E-state index is -1.36. The van der Waals surface area contributed by atoms with Gasteiger partial charge in [-0.3, -0.25) is 4.79 Å². The van der Waals surface area contributed by atoms with Crippen molar-refractivity contribution in [3.8, 4) is 0 Å². The molecular formula is C6H11NO5. The molecule has 0 saturated heterocycles. The van der Waals surface area contributed by atoms with E-state index >= 15 is 0 Å². The molecule has 0 unspecified atom stereocenters. The zero-order chi connectivity index (χ0) is 10.4. The van der Waals surface area contributed by atoms with Gasteiger partial charge in [-0.15, -0.1) is 4.91 Å². The van der Waals surface area contributed by atoms with Crippen LogP contribution in [0.15, 0.2) is 5.34 Å². The van der Waals surface area contributed by atoms with Gasteiger partial charge in [0.1, 0.15) is 0 Å². The number of Topliss-reactive ketones (excluding diaryl/α,β-unsaturated/α-hetero) is 1. The molecule has 2 N–H and O–H groups in total. The van der Waals surface area contributed by atoms with Gasteiger partial charge >= 0.3 is 5.97 Å². The molecular weight excluding hydrogens is 166 g/mol. The highest BCUT2D eigenvalue weighted by molar-refractivity contribution is 6.34. The van der Waals surface area contributed by atoms with E-state index in [1.807, 2.05) is 0 Å². The molecule has 0 aromatic rings. The van der Waals surface area contributed by atoms with E-state index in [-0.39, 0.29) is 0 Å². The quantitative estimate of drug-likeness (QED) is 0.350. The summed E-state index contributed by atoms with van der Waals surface area (Å²) in [6, 6.07) is 0. The van der Waals surface area contributed by atoms with Crippen LogP contribution in [0.25, 0.3) is 0 Å². The fourth-order valence-electron chi connectivity index (χ4n) is 0.321. The number of carbonyl (C=O) groups is 2. The minimum absolute atomic E-state index is 0.748. The highest BCUT2D eigenvalue weighted by Gasteiger charge is 2.27. The molecule has 0 fully saturated rings. The zero-order valence-corrected chi connectivity index (χ0v) is 7.07. The van der Waals surface area contributed by atoms with Gasteiger partial charge in [-0.25, -0.2) is 4.79 Å². The van der Waals surface area contributed by atoms with E-state index in [1.54, 1.807) is 20.8 Å². The summed E-state index contributed by atoms with van der Waals surface area (Å²) in [4.78, 5) is 28.7. The summed E-state index contributed by atoms with van der Waals surface area (Å²) in [5.41, 5.74) is -0.758. The van der Waals surface area contributed by atoms with Crippen molar-refractivity contribution in [2.75, 3.05) is 0 Å². The lowest BCUT2D eigenvalue weighted by Crippen LogP contribution is -2.27. The maximum atomic E-state index is 10.6. The Hall–Kier alpha value is -1.46. The van der Waals surface area contributed by atoms with Gasteiger partial charge in [0.05, 0.1) is 0 Å². The van der Waals surface area contributed by atoms with Crippen molar-refractivity contribution in [3.63, 3.8) is 0 Å². The van der Waals surface area contributed by atoms with Gasteiger partial charge in [-0.2, -0.15) is 0 Å². The van der Waals surface area contributed by atoms with Crippen LogP contribution in [0.2, 0.25) is 0 Å². The van der Waals surface area contributed by atoms with E-state index in [1.165, 1.54) is 5.34 Å². The maximum absolute atomic E-state index is 10.6. The van der Waals surface area contributed by atoms with Crippen molar-refractivity contribution in [3.05, 3.63) is 4.91 Å². The Morgan fingerprint density at radius 3 is 1.50 bits per heavy atom. The van der Waals surface area contributed by atoms with Gasteiger partial charge in [0.2, 0.25) is 5.78 Å². The van der Waals surface area contributed by atoms with E-state index in [0.29, 0.717) is 0 Å². The summed E-state index contributed by atoms with van der Waals surface area (Å²) in [5.74, 6) is -2.11. The predicted molar refractivity (Wildman–Crippen MR) is 39.7 cm³/mol. The number of aliphatic carboxylic acids is 1. The van der Waals surface area contributed by atoms with Gasteiger partial charge in [-0.1, -0.05) is 20.8 Å². The monoisotopic (exact) mass is 177 g/mol. The van der Waals surface area contributed by atoms with Crippen LogP contribution in [0.4, 0.5) is 0 Å². The summed E-state index contributed by atoms with van der Waals surface area (Å²) in [7, 11) is 0. The smallest absolute Gasteiger partial charge is 0.372 e. The first kappa shape index (κ1) is 13.2. The Balaban J connectivity index is 0. The topological polar surface area (TPSA) is 104 Å².